The van der Waals surface area contributed by atoms with Crippen molar-refractivity contribution in [1.29, 1.82) is 0 Å². The Hall–Kier alpha value is -3.48. The number of nitrogens with zero attached hydrogens (tertiary/aromatic N) is 3. The summed E-state index contributed by atoms with van der Waals surface area (Å²) in [4.78, 5) is 15.9. The molecule has 1 aromatic heterocycles. The van der Waals surface area contributed by atoms with Crippen LogP contribution in [0.3, 0.4) is 0 Å². The topological polar surface area (TPSA) is 89.0 Å². The van der Waals surface area contributed by atoms with Crippen molar-refractivity contribution in [1.82, 2.24) is 15.2 Å². The zero-order valence-corrected chi connectivity index (χ0v) is 14.6. The number of hydrogen-bond donors (Lipinski definition) is 2. The van der Waals surface area contributed by atoms with Gasteiger partial charge in [-0.25, -0.2) is 4.79 Å². The summed E-state index contributed by atoms with van der Waals surface area (Å²) >= 11 is 0. The molecule has 132 valence electrons. The van der Waals surface area contributed by atoms with Crippen LogP contribution in [-0.2, 0) is 11.2 Å². The predicted octanol–water partition coefficient (Wildman–Crippen LogP) is 3.71. The van der Waals surface area contributed by atoms with Crippen LogP contribution >= 0.6 is 0 Å². The highest BCUT2D eigenvalue weighted by Crippen LogP contribution is 2.20. The second-order valence-electron chi connectivity index (χ2n) is 5.49. The molecular formula is C19H19N5O2. The van der Waals surface area contributed by atoms with Crippen LogP contribution in [0.1, 0.15) is 22.8 Å². The standard InChI is InChI=1S/C19H19N5O2/c1-3-13-6-4-5-7-16(13)22-19-23-17(12-20-24-19)21-15-10-8-14(9-11-15)18(25)26-2/h4-12H,3H2,1-2H3,(H2,21,22,23,24). The maximum atomic E-state index is 11.5. The molecule has 0 atom stereocenters. The van der Waals surface area contributed by atoms with E-state index in [-0.39, 0.29) is 5.97 Å². The van der Waals surface area contributed by atoms with Gasteiger partial charge >= 0.3 is 5.97 Å². The average molecular weight is 349 g/mol. The van der Waals surface area contributed by atoms with Crippen molar-refractivity contribution in [3.8, 4) is 0 Å². The molecule has 1 heterocycles. The molecule has 0 aliphatic carbocycles. The quantitative estimate of drug-likeness (QED) is 0.656. The van der Waals surface area contributed by atoms with E-state index in [1.165, 1.54) is 18.9 Å². The van der Waals surface area contributed by atoms with Crippen molar-refractivity contribution in [3.05, 3.63) is 65.9 Å². The smallest absolute Gasteiger partial charge is 0.337 e. The molecule has 0 unspecified atom stereocenters. The Bertz CT molecular complexity index is 896. The van der Waals surface area contributed by atoms with Gasteiger partial charge in [0.15, 0.2) is 5.82 Å². The summed E-state index contributed by atoms with van der Waals surface area (Å²) in [5, 5.41) is 14.3. The molecule has 26 heavy (non-hydrogen) atoms. The fourth-order valence-corrected chi connectivity index (χ4v) is 2.44. The first-order chi connectivity index (χ1) is 12.7. The minimum atomic E-state index is -0.374. The molecule has 0 saturated carbocycles. The van der Waals surface area contributed by atoms with Gasteiger partial charge in [-0.05, 0) is 42.3 Å². The van der Waals surface area contributed by atoms with E-state index >= 15 is 0 Å². The number of aromatic nitrogens is 3. The highest BCUT2D eigenvalue weighted by Gasteiger charge is 2.07. The lowest BCUT2D eigenvalue weighted by Gasteiger charge is -2.10. The van der Waals surface area contributed by atoms with Gasteiger partial charge < -0.3 is 15.4 Å². The lowest BCUT2D eigenvalue weighted by molar-refractivity contribution is 0.0601. The number of rotatable bonds is 6. The fraction of sp³-hybridized carbons (Fsp3) is 0.158. The highest BCUT2D eigenvalue weighted by atomic mass is 16.5. The molecule has 0 radical (unpaired) electrons. The van der Waals surface area contributed by atoms with Crippen LogP contribution in [0, 0.1) is 0 Å². The zero-order chi connectivity index (χ0) is 18.4. The van der Waals surface area contributed by atoms with Crippen LogP contribution in [0.15, 0.2) is 54.7 Å². The van der Waals surface area contributed by atoms with Crippen LogP contribution < -0.4 is 10.6 Å². The molecule has 3 rings (SSSR count). The Labute approximate surface area is 151 Å². The number of esters is 1. The molecule has 2 aromatic carbocycles. The molecule has 7 heteroatoms. The van der Waals surface area contributed by atoms with Crippen molar-refractivity contribution in [2.75, 3.05) is 17.7 Å². The summed E-state index contributed by atoms with van der Waals surface area (Å²) in [7, 11) is 1.35. The lowest BCUT2D eigenvalue weighted by atomic mass is 10.1. The van der Waals surface area contributed by atoms with Gasteiger partial charge in [-0.15, -0.1) is 5.10 Å². The van der Waals surface area contributed by atoms with Gasteiger partial charge in [0, 0.05) is 11.4 Å². The van der Waals surface area contributed by atoms with E-state index in [9.17, 15) is 4.79 Å². The molecular weight excluding hydrogens is 330 g/mol. The van der Waals surface area contributed by atoms with Crippen LogP contribution in [0.25, 0.3) is 0 Å². The maximum absolute atomic E-state index is 11.5. The van der Waals surface area contributed by atoms with E-state index < -0.39 is 0 Å². The number of methoxy groups -OCH3 is 1. The molecule has 0 aliphatic rings. The molecule has 2 N–H and O–H groups in total. The van der Waals surface area contributed by atoms with E-state index in [4.69, 9.17) is 0 Å². The predicted molar refractivity (Wildman–Crippen MR) is 100.0 cm³/mol. The van der Waals surface area contributed by atoms with Gasteiger partial charge in [-0.3, -0.25) is 0 Å². The molecule has 0 aliphatic heterocycles. The van der Waals surface area contributed by atoms with Gasteiger partial charge in [-0.2, -0.15) is 10.1 Å². The molecule has 0 bridgehead atoms. The summed E-state index contributed by atoms with van der Waals surface area (Å²) in [6, 6.07) is 14.9. The second kappa shape index (κ2) is 8.06. The van der Waals surface area contributed by atoms with E-state index in [0.717, 1.165) is 17.8 Å². The van der Waals surface area contributed by atoms with Crippen LogP contribution in [-0.4, -0.2) is 28.3 Å². The van der Waals surface area contributed by atoms with Crippen LogP contribution in [0.4, 0.5) is 23.1 Å². The zero-order valence-electron chi connectivity index (χ0n) is 14.6. The van der Waals surface area contributed by atoms with Crippen LogP contribution in [0.5, 0.6) is 0 Å². The number of hydrogen-bond acceptors (Lipinski definition) is 7. The van der Waals surface area contributed by atoms with E-state index in [2.05, 4.69) is 43.5 Å². The number of carbonyl (C=O) groups is 1. The molecule has 0 amide bonds. The van der Waals surface area contributed by atoms with E-state index in [0.29, 0.717) is 17.3 Å². The van der Waals surface area contributed by atoms with Gasteiger partial charge in [0.1, 0.15) is 0 Å². The first-order valence-electron chi connectivity index (χ1n) is 8.19. The summed E-state index contributed by atoms with van der Waals surface area (Å²) in [5.74, 6) is 0.575. The minimum Gasteiger partial charge on any atom is -0.465 e. The van der Waals surface area contributed by atoms with Gasteiger partial charge in [0.25, 0.3) is 0 Å². The molecule has 7 nitrogen and oxygen atoms in total. The Morgan fingerprint density at radius 1 is 1.08 bits per heavy atom. The number of ether oxygens (including phenoxy) is 1. The number of anilines is 4. The minimum absolute atomic E-state index is 0.374. The summed E-state index contributed by atoms with van der Waals surface area (Å²) in [6.07, 6.45) is 2.44. The monoisotopic (exact) mass is 349 g/mol. The normalized spacial score (nSPS) is 10.2. The SMILES string of the molecule is CCc1ccccc1Nc1nncc(Nc2ccc(C(=O)OC)cc2)n1. The maximum Gasteiger partial charge on any atom is 0.337 e. The molecule has 0 saturated heterocycles. The number of carbonyl (C=O) groups excluding carboxylic acids is 1. The van der Waals surface area contributed by atoms with E-state index in [1.54, 1.807) is 24.3 Å². The number of para-hydroxylation sites is 1. The van der Waals surface area contributed by atoms with Crippen molar-refractivity contribution in [2.45, 2.75) is 13.3 Å². The van der Waals surface area contributed by atoms with Gasteiger partial charge in [0.05, 0.1) is 18.9 Å². The fourth-order valence-electron chi connectivity index (χ4n) is 2.44. The molecule has 0 fully saturated rings. The Morgan fingerprint density at radius 3 is 2.58 bits per heavy atom. The number of nitrogens with one attached hydrogen (secondary N) is 2. The molecule has 3 aromatic rings. The Morgan fingerprint density at radius 2 is 1.85 bits per heavy atom. The van der Waals surface area contributed by atoms with Crippen LogP contribution in [0.2, 0.25) is 0 Å². The Kier molecular flexibility index (Phi) is 5.38. The van der Waals surface area contributed by atoms with Crippen molar-refractivity contribution < 1.29 is 9.53 Å². The van der Waals surface area contributed by atoms with E-state index in [1.807, 2.05) is 18.2 Å². The highest BCUT2D eigenvalue weighted by molar-refractivity contribution is 5.89. The van der Waals surface area contributed by atoms with Gasteiger partial charge in [-0.1, -0.05) is 25.1 Å². The lowest BCUT2D eigenvalue weighted by Crippen LogP contribution is -2.04. The second-order valence-corrected chi connectivity index (χ2v) is 5.49. The number of benzene rings is 2. The van der Waals surface area contributed by atoms with Crippen molar-refractivity contribution in [2.24, 2.45) is 0 Å². The first kappa shape index (κ1) is 17.3. The average Bonchev–Trinajstić information content (AvgIpc) is 2.69. The van der Waals surface area contributed by atoms with Gasteiger partial charge in [0.2, 0.25) is 5.95 Å². The largest absolute Gasteiger partial charge is 0.465 e. The third kappa shape index (κ3) is 4.13. The Balaban J connectivity index is 1.74. The summed E-state index contributed by atoms with van der Waals surface area (Å²) < 4.78 is 4.69. The van der Waals surface area contributed by atoms with Crippen molar-refractivity contribution in [3.63, 3.8) is 0 Å². The summed E-state index contributed by atoms with van der Waals surface area (Å²) in [6.45, 7) is 2.09. The molecule has 0 spiro atoms. The third-order valence-electron chi connectivity index (χ3n) is 3.78. The number of aryl methyl sites for hydroxylation is 1. The third-order valence-corrected chi connectivity index (χ3v) is 3.78. The van der Waals surface area contributed by atoms with Crippen molar-refractivity contribution >= 4 is 29.1 Å². The first-order valence-corrected chi connectivity index (χ1v) is 8.19. The summed E-state index contributed by atoms with van der Waals surface area (Å²) in [5.41, 5.74) is 3.39.